The second kappa shape index (κ2) is 7.74. The molecule has 1 aliphatic heterocycles. The van der Waals surface area contributed by atoms with Gasteiger partial charge in [0.2, 0.25) is 11.8 Å². The zero-order valence-electron chi connectivity index (χ0n) is 14.4. The SMILES string of the molecule is CC[C@H](NC(=O)C[C@H]1Sc2ccccc2NC1=O)c1ccc(C)cc1. The van der Waals surface area contributed by atoms with Crippen molar-refractivity contribution in [3.8, 4) is 0 Å². The summed E-state index contributed by atoms with van der Waals surface area (Å²) in [6.45, 7) is 4.09. The maximum atomic E-state index is 12.5. The fourth-order valence-corrected chi connectivity index (χ4v) is 3.98. The molecule has 5 heteroatoms. The van der Waals surface area contributed by atoms with E-state index in [1.807, 2.05) is 62.4 Å². The molecule has 1 heterocycles. The Kier molecular flexibility index (Phi) is 5.43. The number of fused-ring (bicyclic) bond motifs is 1. The molecule has 25 heavy (non-hydrogen) atoms. The van der Waals surface area contributed by atoms with E-state index in [4.69, 9.17) is 0 Å². The monoisotopic (exact) mass is 354 g/mol. The average molecular weight is 354 g/mol. The predicted octanol–water partition coefficient (Wildman–Crippen LogP) is 4.07. The molecular formula is C20H22N2O2S. The van der Waals surface area contributed by atoms with E-state index in [1.54, 1.807) is 0 Å². The van der Waals surface area contributed by atoms with Crippen LogP contribution in [0.4, 0.5) is 5.69 Å². The molecule has 0 unspecified atom stereocenters. The highest BCUT2D eigenvalue weighted by Crippen LogP contribution is 2.36. The van der Waals surface area contributed by atoms with Gasteiger partial charge in [0.15, 0.2) is 0 Å². The molecule has 0 saturated carbocycles. The number of aryl methyl sites for hydroxylation is 1. The number of rotatable bonds is 5. The molecule has 2 atom stereocenters. The minimum absolute atomic E-state index is 0.0305. The molecule has 4 nitrogen and oxygen atoms in total. The van der Waals surface area contributed by atoms with E-state index in [2.05, 4.69) is 10.6 Å². The van der Waals surface area contributed by atoms with Crippen LogP contribution in [0.3, 0.4) is 0 Å². The number of carbonyl (C=O) groups excluding carboxylic acids is 2. The van der Waals surface area contributed by atoms with E-state index >= 15 is 0 Å². The van der Waals surface area contributed by atoms with Crippen LogP contribution in [0.2, 0.25) is 0 Å². The summed E-state index contributed by atoms with van der Waals surface area (Å²) >= 11 is 1.45. The van der Waals surface area contributed by atoms with E-state index in [0.717, 1.165) is 22.6 Å². The molecule has 0 bridgehead atoms. The van der Waals surface area contributed by atoms with Crippen molar-refractivity contribution >= 4 is 29.3 Å². The van der Waals surface area contributed by atoms with Gasteiger partial charge in [-0.3, -0.25) is 9.59 Å². The Morgan fingerprint density at radius 2 is 1.92 bits per heavy atom. The predicted molar refractivity (Wildman–Crippen MR) is 102 cm³/mol. The molecule has 3 rings (SSSR count). The third-order valence-corrected chi connectivity index (χ3v) is 5.58. The van der Waals surface area contributed by atoms with Gasteiger partial charge < -0.3 is 10.6 Å². The van der Waals surface area contributed by atoms with Crippen LogP contribution >= 0.6 is 11.8 Å². The fourth-order valence-electron chi connectivity index (χ4n) is 2.87. The van der Waals surface area contributed by atoms with Crippen molar-refractivity contribution in [1.82, 2.24) is 5.32 Å². The zero-order chi connectivity index (χ0) is 17.8. The van der Waals surface area contributed by atoms with Gasteiger partial charge in [-0.1, -0.05) is 48.9 Å². The molecule has 2 N–H and O–H groups in total. The van der Waals surface area contributed by atoms with Crippen molar-refractivity contribution in [1.29, 1.82) is 0 Å². The molecule has 0 aliphatic carbocycles. The first-order valence-corrected chi connectivity index (χ1v) is 9.37. The molecular weight excluding hydrogens is 332 g/mol. The summed E-state index contributed by atoms with van der Waals surface area (Å²) in [5, 5.41) is 5.55. The van der Waals surface area contributed by atoms with Crippen molar-refractivity contribution in [2.75, 3.05) is 5.32 Å². The Morgan fingerprint density at radius 3 is 2.64 bits per heavy atom. The van der Waals surface area contributed by atoms with Gasteiger partial charge in [0, 0.05) is 11.3 Å². The number of anilines is 1. The van der Waals surface area contributed by atoms with Crippen LogP contribution in [0.1, 0.15) is 36.9 Å². The number of amides is 2. The van der Waals surface area contributed by atoms with Crippen molar-refractivity contribution in [2.24, 2.45) is 0 Å². The summed E-state index contributed by atoms with van der Waals surface area (Å²) < 4.78 is 0. The highest BCUT2D eigenvalue weighted by atomic mass is 32.2. The number of thioether (sulfide) groups is 1. The standard InChI is InChI=1S/C20H22N2O2S/c1-3-15(14-10-8-13(2)9-11-14)21-19(23)12-18-20(24)22-16-6-4-5-7-17(16)25-18/h4-11,15,18H,3,12H2,1-2H3,(H,21,23)(H,22,24)/t15-,18+/m0/s1. The van der Waals surface area contributed by atoms with E-state index in [9.17, 15) is 9.59 Å². The Hall–Kier alpha value is -2.27. The van der Waals surface area contributed by atoms with Gasteiger partial charge in [0.25, 0.3) is 0 Å². The largest absolute Gasteiger partial charge is 0.349 e. The fraction of sp³-hybridized carbons (Fsp3) is 0.300. The summed E-state index contributed by atoms with van der Waals surface area (Å²) in [5.41, 5.74) is 3.10. The number of carbonyl (C=O) groups is 2. The van der Waals surface area contributed by atoms with E-state index in [0.29, 0.717) is 0 Å². The zero-order valence-corrected chi connectivity index (χ0v) is 15.2. The number of benzene rings is 2. The number of hydrogen-bond acceptors (Lipinski definition) is 3. The minimum Gasteiger partial charge on any atom is -0.349 e. The number of para-hydroxylation sites is 1. The van der Waals surface area contributed by atoms with Crippen LogP contribution in [0, 0.1) is 6.92 Å². The number of nitrogens with one attached hydrogen (secondary N) is 2. The molecule has 0 fully saturated rings. The first-order chi connectivity index (χ1) is 12.1. The summed E-state index contributed by atoms with van der Waals surface area (Å²) in [6, 6.07) is 15.8. The van der Waals surface area contributed by atoms with Crippen molar-refractivity contribution in [3.05, 3.63) is 59.7 Å². The van der Waals surface area contributed by atoms with Crippen LogP contribution in [0.15, 0.2) is 53.4 Å². The Morgan fingerprint density at radius 1 is 1.20 bits per heavy atom. The minimum atomic E-state index is -0.398. The van der Waals surface area contributed by atoms with Gasteiger partial charge in [-0.25, -0.2) is 0 Å². The Bertz CT molecular complexity index is 774. The van der Waals surface area contributed by atoms with Gasteiger partial charge in [0.05, 0.1) is 17.0 Å². The average Bonchev–Trinajstić information content (AvgIpc) is 2.61. The lowest BCUT2D eigenvalue weighted by Gasteiger charge is -2.24. The van der Waals surface area contributed by atoms with Gasteiger partial charge in [-0.05, 0) is 31.0 Å². The van der Waals surface area contributed by atoms with E-state index in [-0.39, 0.29) is 24.3 Å². The third-order valence-electron chi connectivity index (χ3n) is 4.30. The van der Waals surface area contributed by atoms with Crippen LogP contribution in [-0.2, 0) is 9.59 Å². The van der Waals surface area contributed by atoms with E-state index in [1.165, 1.54) is 17.3 Å². The second-order valence-corrected chi connectivity index (χ2v) is 7.48. The normalized spacial score (nSPS) is 17.4. The summed E-state index contributed by atoms with van der Waals surface area (Å²) in [7, 11) is 0. The summed E-state index contributed by atoms with van der Waals surface area (Å²) in [6.07, 6.45) is 0.981. The summed E-state index contributed by atoms with van der Waals surface area (Å²) in [4.78, 5) is 25.7. The van der Waals surface area contributed by atoms with Gasteiger partial charge >= 0.3 is 0 Å². The van der Waals surface area contributed by atoms with Gasteiger partial charge in [-0.15, -0.1) is 11.8 Å². The van der Waals surface area contributed by atoms with E-state index < -0.39 is 5.25 Å². The highest BCUT2D eigenvalue weighted by molar-refractivity contribution is 8.01. The van der Waals surface area contributed by atoms with Gasteiger partial charge in [0.1, 0.15) is 0 Å². The molecule has 1 aliphatic rings. The quantitative estimate of drug-likeness (QED) is 0.851. The third kappa shape index (κ3) is 4.23. The molecule has 0 spiro atoms. The maximum Gasteiger partial charge on any atom is 0.238 e. The molecule has 2 aromatic rings. The Balaban J connectivity index is 1.64. The lowest BCUT2D eigenvalue weighted by Crippen LogP contribution is -2.36. The first kappa shape index (κ1) is 17.5. The smallest absolute Gasteiger partial charge is 0.238 e. The van der Waals surface area contributed by atoms with Crippen LogP contribution in [0.25, 0.3) is 0 Å². The Labute approximate surface area is 152 Å². The molecule has 130 valence electrons. The second-order valence-electron chi connectivity index (χ2n) is 6.24. The first-order valence-electron chi connectivity index (χ1n) is 8.49. The van der Waals surface area contributed by atoms with Gasteiger partial charge in [-0.2, -0.15) is 0 Å². The molecule has 0 radical (unpaired) electrons. The van der Waals surface area contributed by atoms with Crippen molar-refractivity contribution in [2.45, 2.75) is 42.9 Å². The lowest BCUT2D eigenvalue weighted by molar-refractivity contribution is -0.124. The topological polar surface area (TPSA) is 58.2 Å². The summed E-state index contributed by atoms with van der Waals surface area (Å²) in [5.74, 6) is -0.207. The van der Waals surface area contributed by atoms with Crippen molar-refractivity contribution < 1.29 is 9.59 Å². The maximum absolute atomic E-state index is 12.5. The lowest BCUT2D eigenvalue weighted by atomic mass is 10.0. The molecule has 0 aromatic heterocycles. The molecule has 0 saturated heterocycles. The van der Waals surface area contributed by atoms with Crippen molar-refractivity contribution in [3.63, 3.8) is 0 Å². The van der Waals surface area contributed by atoms with Crippen LogP contribution in [0.5, 0.6) is 0 Å². The molecule has 2 amide bonds. The van der Waals surface area contributed by atoms with Crippen LogP contribution < -0.4 is 10.6 Å². The molecule has 2 aromatic carbocycles. The van der Waals surface area contributed by atoms with Crippen LogP contribution in [-0.4, -0.2) is 17.1 Å². The highest BCUT2D eigenvalue weighted by Gasteiger charge is 2.29. The number of hydrogen-bond donors (Lipinski definition) is 2.